The smallest absolute Gasteiger partial charge is 0.237 e. The standard InChI is InChI=1S/C19H24N4O/c1-2-23-17(9-10-20-23)13-22-12-15-6-4-3-5-14(15)11-18(22)19(24)21-16-7-8-16/h3-6,9-10,16,18H,2,7-8,11-13H2,1H3,(H,21,24)/t18-/m0/s1. The number of carbonyl (C=O) groups is 1. The number of rotatable bonds is 5. The van der Waals surface area contributed by atoms with E-state index in [2.05, 4.69) is 52.6 Å². The second-order valence-corrected chi connectivity index (χ2v) is 6.81. The molecule has 1 N–H and O–H groups in total. The molecular weight excluding hydrogens is 300 g/mol. The summed E-state index contributed by atoms with van der Waals surface area (Å²) in [5.41, 5.74) is 3.80. The molecule has 5 nitrogen and oxygen atoms in total. The van der Waals surface area contributed by atoms with Gasteiger partial charge in [0, 0.05) is 31.9 Å². The lowest BCUT2D eigenvalue weighted by atomic mass is 9.93. The fourth-order valence-electron chi connectivity index (χ4n) is 3.51. The van der Waals surface area contributed by atoms with Crippen molar-refractivity contribution in [2.45, 2.75) is 57.9 Å². The van der Waals surface area contributed by atoms with E-state index in [-0.39, 0.29) is 11.9 Å². The van der Waals surface area contributed by atoms with Crippen LogP contribution in [0.4, 0.5) is 0 Å². The molecule has 1 saturated carbocycles. The maximum Gasteiger partial charge on any atom is 0.237 e. The van der Waals surface area contributed by atoms with Gasteiger partial charge in [0.1, 0.15) is 0 Å². The Balaban J connectivity index is 1.59. The topological polar surface area (TPSA) is 50.2 Å². The molecule has 126 valence electrons. The lowest BCUT2D eigenvalue weighted by molar-refractivity contribution is -0.127. The highest BCUT2D eigenvalue weighted by Gasteiger charge is 2.34. The first-order chi connectivity index (χ1) is 11.7. The Kier molecular flexibility index (Phi) is 4.10. The predicted molar refractivity (Wildman–Crippen MR) is 92.2 cm³/mol. The molecule has 1 atom stereocenters. The Labute approximate surface area is 142 Å². The van der Waals surface area contributed by atoms with E-state index in [1.807, 2.05) is 10.9 Å². The lowest BCUT2D eigenvalue weighted by Crippen LogP contribution is -2.50. The van der Waals surface area contributed by atoms with Gasteiger partial charge in [0.2, 0.25) is 5.91 Å². The van der Waals surface area contributed by atoms with Crippen LogP contribution in [0.2, 0.25) is 0 Å². The molecule has 4 rings (SSSR count). The van der Waals surface area contributed by atoms with Gasteiger partial charge >= 0.3 is 0 Å². The number of hydrogen-bond acceptors (Lipinski definition) is 3. The summed E-state index contributed by atoms with van der Waals surface area (Å²) in [5, 5.41) is 7.55. The molecule has 0 saturated heterocycles. The number of amides is 1. The van der Waals surface area contributed by atoms with Crippen LogP contribution in [0.3, 0.4) is 0 Å². The van der Waals surface area contributed by atoms with Gasteiger partial charge in [-0.3, -0.25) is 14.4 Å². The highest BCUT2D eigenvalue weighted by molar-refractivity contribution is 5.83. The number of aromatic nitrogens is 2. The van der Waals surface area contributed by atoms with Crippen LogP contribution in [-0.2, 0) is 30.8 Å². The fraction of sp³-hybridized carbons (Fsp3) is 0.474. The number of nitrogens with zero attached hydrogens (tertiary/aromatic N) is 3. The van der Waals surface area contributed by atoms with E-state index in [0.29, 0.717) is 6.04 Å². The number of benzene rings is 1. The molecule has 0 unspecified atom stereocenters. The Hall–Kier alpha value is -2.14. The average molecular weight is 324 g/mol. The van der Waals surface area contributed by atoms with Gasteiger partial charge in [-0.25, -0.2) is 0 Å². The van der Waals surface area contributed by atoms with Gasteiger partial charge in [0.05, 0.1) is 11.7 Å². The molecule has 1 aromatic heterocycles. The zero-order valence-electron chi connectivity index (χ0n) is 14.1. The fourth-order valence-corrected chi connectivity index (χ4v) is 3.51. The third-order valence-electron chi connectivity index (χ3n) is 5.04. The molecule has 2 aromatic rings. The summed E-state index contributed by atoms with van der Waals surface area (Å²) in [6, 6.07) is 10.8. The van der Waals surface area contributed by atoms with E-state index in [9.17, 15) is 4.79 Å². The summed E-state index contributed by atoms with van der Waals surface area (Å²) < 4.78 is 2.01. The number of aryl methyl sites for hydroxylation is 1. The van der Waals surface area contributed by atoms with Crippen molar-refractivity contribution in [3.63, 3.8) is 0 Å². The summed E-state index contributed by atoms with van der Waals surface area (Å²) in [4.78, 5) is 15.1. The van der Waals surface area contributed by atoms with Crippen LogP contribution < -0.4 is 5.32 Å². The first kappa shape index (κ1) is 15.4. The molecule has 2 heterocycles. The van der Waals surface area contributed by atoms with Crippen LogP contribution in [0.15, 0.2) is 36.5 Å². The molecule has 0 bridgehead atoms. The van der Waals surface area contributed by atoms with Gasteiger partial charge in [0.25, 0.3) is 0 Å². The predicted octanol–water partition coefficient (Wildman–Crippen LogP) is 2.11. The quantitative estimate of drug-likeness (QED) is 0.916. The van der Waals surface area contributed by atoms with E-state index >= 15 is 0 Å². The zero-order valence-corrected chi connectivity index (χ0v) is 14.1. The van der Waals surface area contributed by atoms with Crippen molar-refractivity contribution in [2.75, 3.05) is 0 Å². The molecule has 1 aromatic carbocycles. The molecule has 1 amide bonds. The number of nitrogens with one attached hydrogen (secondary N) is 1. The van der Waals surface area contributed by atoms with E-state index in [0.717, 1.165) is 38.9 Å². The first-order valence-corrected chi connectivity index (χ1v) is 8.86. The Bertz CT molecular complexity index is 734. The van der Waals surface area contributed by atoms with E-state index in [4.69, 9.17) is 0 Å². The number of hydrogen-bond donors (Lipinski definition) is 1. The highest BCUT2D eigenvalue weighted by atomic mass is 16.2. The SMILES string of the molecule is CCn1nccc1CN1Cc2ccccc2C[C@H]1C(=O)NC1CC1. The molecule has 2 aliphatic rings. The normalized spacial score (nSPS) is 20.6. The van der Waals surface area contributed by atoms with E-state index < -0.39 is 0 Å². The molecule has 0 spiro atoms. The van der Waals surface area contributed by atoms with Gasteiger partial charge < -0.3 is 5.32 Å². The van der Waals surface area contributed by atoms with Crippen LogP contribution in [0.5, 0.6) is 0 Å². The minimum absolute atomic E-state index is 0.0966. The number of carbonyl (C=O) groups excluding carboxylic acids is 1. The molecule has 1 aliphatic carbocycles. The molecule has 24 heavy (non-hydrogen) atoms. The van der Waals surface area contributed by atoms with Gasteiger partial charge in [0.15, 0.2) is 0 Å². The minimum Gasteiger partial charge on any atom is -0.352 e. The summed E-state index contributed by atoms with van der Waals surface area (Å²) in [6.07, 6.45) is 4.88. The Morgan fingerprint density at radius 1 is 1.25 bits per heavy atom. The van der Waals surface area contributed by atoms with Gasteiger partial charge in [-0.1, -0.05) is 24.3 Å². The van der Waals surface area contributed by atoms with Crippen LogP contribution in [0.25, 0.3) is 0 Å². The monoisotopic (exact) mass is 324 g/mol. The average Bonchev–Trinajstić information content (AvgIpc) is 3.30. The van der Waals surface area contributed by atoms with Crippen molar-refractivity contribution >= 4 is 5.91 Å². The molecule has 1 fully saturated rings. The van der Waals surface area contributed by atoms with Crippen molar-refractivity contribution in [3.8, 4) is 0 Å². The van der Waals surface area contributed by atoms with Gasteiger partial charge in [-0.05, 0) is 43.4 Å². The second-order valence-electron chi connectivity index (χ2n) is 6.81. The maximum atomic E-state index is 12.8. The Morgan fingerprint density at radius 3 is 2.79 bits per heavy atom. The van der Waals surface area contributed by atoms with Gasteiger partial charge in [-0.2, -0.15) is 5.10 Å². The first-order valence-electron chi connectivity index (χ1n) is 8.86. The third kappa shape index (κ3) is 3.08. The van der Waals surface area contributed by atoms with E-state index in [1.165, 1.54) is 16.8 Å². The number of fused-ring (bicyclic) bond motifs is 1. The molecular formula is C19H24N4O. The maximum absolute atomic E-state index is 12.8. The van der Waals surface area contributed by atoms with Crippen LogP contribution in [0.1, 0.15) is 36.6 Å². The van der Waals surface area contributed by atoms with Crippen molar-refractivity contribution in [1.29, 1.82) is 0 Å². The summed E-state index contributed by atoms with van der Waals surface area (Å²) in [7, 11) is 0. The van der Waals surface area contributed by atoms with Crippen molar-refractivity contribution in [1.82, 2.24) is 20.0 Å². The van der Waals surface area contributed by atoms with Crippen molar-refractivity contribution < 1.29 is 4.79 Å². The summed E-state index contributed by atoms with van der Waals surface area (Å²) in [5.74, 6) is 0.176. The summed E-state index contributed by atoms with van der Waals surface area (Å²) >= 11 is 0. The lowest BCUT2D eigenvalue weighted by Gasteiger charge is -2.36. The third-order valence-corrected chi connectivity index (χ3v) is 5.04. The highest BCUT2D eigenvalue weighted by Crippen LogP contribution is 2.26. The summed E-state index contributed by atoms with van der Waals surface area (Å²) in [6.45, 7) is 4.52. The second kappa shape index (κ2) is 6.40. The van der Waals surface area contributed by atoms with Crippen molar-refractivity contribution in [2.24, 2.45) is 0 Å². The van der Waals surface area contributed by atoms with Crippen LogP contribution in [-0.4, -0.2) is 32.7 Å². The molecule has 5 heteroatoms. The van der Waals surface area contributed by atoms with E-state index in [1.54, 1.807) is 0 Å². The molecule has 1 aliphatic heterocycles. The van der Waals surface area contributed by atoms with Crippen LogP contribution >= 0.6 is 0 Å². The van der Waals surface area contributed by atoms with Crippen molar-refractivity contribution in [3.05, 3.63) is 53.3 Å². The van der Waals surface area contributed by atoms with Crippen LogP contribution in [0, 0.1) is 0 Å². The minimum atomic E-state index is -0.0966. The largest absolute Gasteiger partial charge is 0.352 e. The molecule has 0 radical (unpaired) electrons. The zero-order chi connectivity index (χ0) is 16.5. The Morgan fingerprint density at radius 2 is 2.04 bits per heavy atom. The van der Waals surface area contributed by atoms with Gasteiger partial charge in [-0.15, -0.1) is 0 Å².